The zero-order valence-corrected chi connectivity index (χ0v) is 12.4. The average Bonchev–Trinajstić information content (AvgIpc) is 2.41. The Hall–Kier alpha value is -1.60. The quantitative estimate of drug-likeness (QED) is 0.633. The predicted molar refractivity (Wildman–Crippen MR) is 81.1 cm³/mol. The summed E-state index contributed by atoms with van der Waals surface area (Å²) in [7, 11) is -3.27. The minimum Gasteiger partial charge on any atom is -0.330 e. The minimum absolute atomic E-state index is 0.0205. The molecule has 0 heterocycles. The molecule has 1 amide bonds. The summed E-state index contributed by atoms with van der Waals surface area (Å²) in [6.45, 7) is 2.15. The van der Waals surface area contributed by atoms with E-state index in [4.69, 9.17) is 5.73 Å². The number of sulfonamides is 1. The summed E-state index contributed by atoms with van der Waals surface area (Å²) in [4.78, 5) is 11.6. The van der Waals surface area contributed by atoms with E-state index in [1.54, 1.807) is 31.2 Å². The number of nitrogens with one attached hydrogen (secondary N) is 2. The van der Waals surface area contributed by atoms with Gasteiger partial charge in [0.2, 0.25) is 15.9 Å². The number of carbonyl (C=O) groups excluding carboxylic acids is 1. The first-order valence-corrected chi connectivity index (χ1v) is 8.22. The SMILES string of the molecule is CCS(=O)(=O)Nc1ccc(NC(=O)CCCCN)cc1. The Morgan fingerprint density at radius 1 is 1.15 bits per heavy atom. The third-order valence-electron chi connectivity index (χ3n) is 2.68. The maximum Gasteiger partial charge on any atom is 0.232 e. The summed E-state index contributed by atoms with van der Waals surface area (Å²) >= 11 is 0. The first kappa shape index (κ1) is 16.5. The summed E-state index contributed by atoms with van der Waals surface area (Å²) in [6.07, 6.45) is 2.02. The Kier molecular flexibility index (Phi) is 6.47. The van der Waals surface area contributed by atoms with Crippen molar-refractivity contribution in [2.24, 2.45) is 5.73 Å². The van der Waals surface area contributed by atoms with Crippen LogP contribution in [0.15, 0.2) is 24.3 Å². The Balaban J connectivity index is 2.52. The molecule has 0 atom stereocenters. The lowest BCUT2D eigenvalue weighted by atomic mass is 10.2. The molecule has 0 unspecified atom stereocenters. The average molecular weight is 299 g/mol. The van der Waals surface area contributed by atoms with Crippen LogP contribution in [-0.4, -0.2) is 26.6 Å². The fourth-order valence-electron chi connectivity index (χ4n) is 1.53. The molecule has 0 aliphatic carbocycles. The van der Waals surface area contributed by atoms with Gasteiger partial charge in [0, 0.05) is 17.8 Å². The van der Waals surface area contributed by atoms with E-state index in [0.29, 0.717) is 24.3 Å². The Labute approximate surface area is 119 Å². The summed E-state index contributed by atoms with van der Waals surface area (Å²) in [5.41, 5.74) is 6.48. The van der Waals surface area contributed by atoms with Crippen LogP contribution in [0.3, 0.4) is 0 Å². The molecule has 0 saturated carbocycles. The topological polar surface area (TPSA) is 101 Å². The molecular formula is C13H21N3O3S. The zero-order chi connectivity index (χ0) is 15.0. The first-order chi connectivity index (χ1) is 9.46. The molecule has 0 aromatic heterocycles. The number of hydrogen-bond donors (Lipinski definition) is 3. The van der Waals surface area contributed by atoms with Gasteiger partial charge in [0.15, 0.2) is 0 Å². The van der Waals surface area contributed by atoms with Crippen LogP contribution in [0, 0.1) is 0 Å². The zero-order valence-electron chi connectivity index (χ0n) is 11.6. The van der Waals surface area contributed by atoms with Gasteiger partial charge in [-0.25, -0.2) is 8.42 Å². The van der Waals surface area contributed by atoms with Crippen molar-refractivity contribution < 1.29 is 13.2 Å². The number of benzene rings is 1. The summed E-state index contributed by atoms with van der Waals surface area (Å²) in [6, 6.07) is 6.55. The number of carbonyl (C=O) groups is 1. The highest BCUT2D eigenvalue weighted by molar-refractivity contribution is 7.92. The number of rotatable bonds is 8. The summed E-state index contributed by atoms with van der Waals surface area (Å²) in [5.74, 6) is -0.0487. The van der Waals surface area contributed by atoms with Crippen molar-refractivity contribution in [2.75, 3.05) is 22.3 Å². The molecule has 4 N–H and O–H groups in total. The fraction of sp³-hybridized carbons (Fsp3) is 0.462. The van der Waals surface area contributed by atoms with Crippen molar-refractivity contribution in [1.82, 2.24) is 0 Å². The van der Waals surface area contributed by atoms with Crippen molar-refractivity contribution >= 4 is 27.3 Å². The standard InChI is InChI=1S/C13H21N3O3S/c1-2-20(18,19)16-12-8-6-11(7-9-12)15-13(17)5-3-4-10-14/h6-9,16H,2-5,10,14H2,1H3,(H,15,17). The van der Waals surface area contributed by atoms with Crippen LogP contribution in [-0.2, 0) is 14.8 Å². The molecule has 20 heavy (non-hydrogen) atoms. The van der Waals surface area contributed by atoms with Crippen molar-refractivity contribution in [3.63, 3.8) is 0 Å². The largest absolute Gasteiger partial charge is 0.330 e. The van der Waals surface area contributed by atoms with Crippen molar-refractivity contribution in [3.05, 3.63) is 24.3 Å². The molecule has 1 aromatic rings. The Morgan fingerprint density at radius 2 is 1.75 bits per heavy atom. The second-order valence-corrected chi connectivity index (χ2v) is 6.39. The van der Waals surface area contributed by atoms with Crippen LogP contribution in [0.25, 0.3) is 0 Å². The van der Waals surface area contributed by atoms with Gasteiger partial charge in [-0.3, -0.25) is 9.52 Å². The monoisotopic (exact) mass is 299 g/mol. The number of hydrogen-bond acceptors (Lipinski definition) is 4. The summed E-state index contributed by atoms with van der Waals surface area (Å²) < 4.78 is 25.2. The van der Waals surface area contributed by atoms with Crippen LogP contribution >= 0.6 is 0 Å². The number of nitrogens with two attached hydrogens (primary N) is 1. The molecule has 0 aliphatic heterocycles. The summed E-state index contributed by atoms with van der Waals surface area (Å²) in [5, 5.41) is 2.75. The van der Waals surface area contributed by atoms with Crippen LogP contribution in [0.4, 0.5) is 11.4 Å². The normalized spacial score (nSPS) is 11.1. The second kappa shape index (κ2) is 7.86. The molecule has 0 fully saturated rings. The van der Waals surface area contributed by atoms with Gasteiger partial charge in [-0.05, 0) is 50.6 Å². The molecule has 6 nitrogen and oxygen atoms in total. The predicted octanol–water partition coefficient (Wildman–Crippen LogP) is 1.52. The highest BCUT2D eigenvalue weighted by atomic mass is 32.2. The van der Waals surface area contributed by atoms with Gasteiger partial charge in [0.1, 0.15) is 0 Å². The van der Waals surface area contributed by atoms with E-state index in [1.165, 1.54) is 0 Å². The lowest BCUT2D eigenvalue weighted by Gasteiger charge is -2.08. The Morgan fingerprint density at radius 3 is 2.30 bits per heavy atom. The molecule has 0 radical (unpaired) electrons. The highest BCUT2D eigenvalue weighted by Crippen LogP contribution is 2.15. The molecule has 1 aromatic carbocycles. The smallest absolute Gasteiger partial charge is 0.232 e. The molecule has 0 saturated heterocycles. The number of unbranched alkanes of at least 4 members (excludes halogenated alkanes) is 1. The van der Waals surface area contributed by atoms with Gasteiger partial charge < -0.3 is 11.1 Å². The van der Waals surface area contributed by atoms with Crippen molar-refractivity contribution in [1.29, 1.82) is 0 Å². The van der Waals surface area contributed by atoms with Gasteiger partial charge >= 0.3 is 0 Å². The van der Waals surface area contributed by atoms with Gasteiger partial charge in [-0.15, -0.1) is 0 Å². The maximum atomic E-state index is 11.6. The lowest BCUT2D eigenvalue weighted by molar-refractivity contribution is -0.116. The Bertz CT molecular complexity index is 526. The van der Waals surface area contributed by atoms with Gasteiger partial charge in [-0.2, -0.15) is 0 Å². The molecule has 112 valence electrons. The van der Waals surface area contributed by atoms with E-state index in [-0.39, 0.29) is 11.7 Å². The van der Waals surface area contributed by atoms with Gasteiger partial charge in [0.05, 0.1) is 5.75 Å². The highest BCUT2D eigenvalue weighted by Gasteiger charge is 2.07. The molecular weight excluding hydrogens is 278 g/mol. The van der Waals surface area contributed by atoms with E-state index in [1.807, 2.05) is 0 Å². The van der Waals surface area contributed by atoms with E-state index in [9.17, 15) is 13.2 Å². The lowest BCUT2D eigenvalue weighted by Crippen LogP contribution is -2.15. The molecule has 0 aliphatic rings. The van der Waals surface area contributed by atoms with E-state index in [2.05, 4.69) is 10.0 Å². The van der Waals surface area contributed by atoms with Crippen LogP contribution in [0.5, 0.6) is 0 Å². The number of anilines is 2. The van der Waals surface area contributed by atoms with E-state index in [0.717, 1.165) is 12.8 Å². The van der Waals surface area contributed by atoms with E-state index < -0.39 is 10.0 Å². The fourth-order valence-corrected chi connectivity index (χ4v) is 2.17. The second-order valence-electron chi connectivity index (χ2n) is 4.38. The molecule has 0 spiro atoms. The third-order valence-corrected chi connectivity index (χ3v) is 3.99. The maximum absolute atomic E-state index is 11.6. The molecule has 7 heteroatoms. The van der Waals surface area contributed by atoms with Crippen molar-refractivity contribution in [3.8, 4) is 0 Å². The molecule has 1 rings (SSSR count). The van der Waals surface area contributed by atoms with Crippen LogP contribution in [0.2, 0.25) is 0 Å². The van der Waals surface area contributed by atoms with Crippen LogP contribution in [0.1, 0.15) is 26.2 Å². The minimum atomic E-state index is -3.27. The van der Waals surface area contributed by atoms with Crippen molar-refractivity contribution in [2.45, 2.75) is 26.2 Å². The van der Waals surface area contributed by atoms with Gasteiger partial charge in [-0.1, -0.05) is 0 Å². The van der Waals surface area contributed by atoms with E-state index >= 15 is 0 Å². The van der Waals surface area contributed by atoms with Gasteiger partial charge in [0.25, 0.3) is 0 Å². The van der Waals surface area contributed by atoms with Crippen LogP contribution < -0.4 is 15.8 Å². The third kappa shape index (κ3) is 6.03. The number of amides is 1. The molecule has 0 bridgehead atoms. The first-order valence-electron chi connectivity index (χ1n) is 6.57.